The summed E-state index contributed by atoms with van der Waals surface area (Å²) in [4.78, 5) is 0. The Kier molecular flexibility index (Phi) is 10.1. The van der Waals surface area contributed by atoms with E-state index in [0.29, 0.717) is 0 Å². The van der Waals surface area contributed by atoms with Crippen molar-refractivity contribution < 1.29 is 5.11 Å². The normalized spacial score (nSPS) is 11.1. The lowest BCUT2D eigenvalue weighted by Gasteiger charge is -2.27. The quantitative estimate of drug-likeness (QED) is 0.642. The second kappa shape index (κ2) is 8.52. The molecule has 2 nitrogen and oxygen atoms in total. The topological polar surface area (TPSA) is 55.2 Å². The first-order valence-corrected chi connectivity index (χ1v) is 5.41. The van der Waals surface area contributed by atoms with E-state index in [9.17, 15) is 5.11 Å². The summed E-state index contributed by atoms with van der Waals surface area (Å²) in [7, 11) is 0. The monoisotopic (exact) mass is 189 g/mol. The summed E-state index contributed by atoms with van der Waals surface area (Å²) >= 11 is 0. The zero-order valence-electron chi connectivity index (χ0n) is 9.60. The lowest BCUT2D eigenvalue weighted by atomic mass is 9.88. The molecule has 0 aliphatic carbocycles. The van der Waals surface area contributed by atoms with E-state index in [1.807, 2.05) is 0 Å². The lowest BCUT2D eigenvalue weighted by Crippen LogP contribution is -2.27. The summed E-state index contributed by atoms with van der Waals surface area (Å²) in [6.07, 6.45) is 7.49. The molecule has 0 saturated carbocycles. The minimum Gasteiger partial charge on any atom is -0.390 e. The molecule has 0 radical (unpaired) electrons. The van der Waals surface area contributed by atoms with Gasteiger partial charge in [-0.25, -0.2) is 0 Å². The van der Waals surface area contributed by atoms with Crippen molar-refractivity contribution >= 4 is 0 Å². The Labute approximate surface area is 83.3 Å². The van der Waals surface area contributed by atoms with E-state index in [4.69, 9.17) is 0 Å². The Bertz CT molecular complexity index is 98.3. The second-order valence-electron chi connectivity index (χ2n) is 3.83. The molecule has 0 aliphatic rings. The van der Waals surface area contributed by atoms with Crippen molar-refractivity contribution in [2.45, 2.75) is 71.3 Å². The maximum Gasteiger partial charge on any atom is 0.0647 e. The van der Waals surface area contributed by atoms with Crippen LogP contribution in [-0.4, -0.2) is 10.7 Å². The third-order valence-corrected chi connectivity index (χ3v) is 2.43. The highest BCUT2D eigenvalue weighted by atomic mass is 16.3. The fraction of sp³-hybridized carbons (Fsp3) is 1.00. The fourth-order valence-electron chi connectivity index (χ4n) is 1.81. The van der Waals surface area contributed by atoms with Crippen molar-refractivity contribution in [1.82, 2.24) is 6.15 Å². The van der Waals surface area contributed by atoms with E-state index in [-0.39, 0.29) is 11.8 Å². The van der Waals surface area contributed by atoms with E-state index >= 15 is 0 Å². The van der Waals surface area contributed by atoms with Gasteiger partial charge in [-0.1, -0.05) is 46.5 Å². The van der Waals surface area contributed by atoms with Crippen LogP contribution in [0.15, 0.2) is 0 Å². The van der Waals surface area contributed by atoms with Crippen LogP contribution in [0, 0.1) is 0 Å². The minimum absolute atomic E-state index is 0. The highest BCUT2D eigenvalue weighted by Crippen LogP contribution is 2.25. The van der Waals surface area contributed by atoms with E-state index in [2.05, 4.69) is 20.8 Å². The molecule has 0 heterocycles. The van der Waals surface area contributed by atoms with E-state index in [1.165, 1.54) is 6.42 Å². The number of hydrogen-bond acceptors (Lipinski definition) is 2. The fourth-order valence-corrected chi connectivity index (χ4v) is 1.81. The van der Waals surface area contributed by atoms with Crippen LogP contribution in [0.4, 0.5) is 0 Å². The van der Waals surface area contributed by atoms with Crippen molar-refractivity contribution in [2.75, 3.05) is 0 Å². The number of hydrogen-bond donors (Lipinski definition) is 2. The van der Waals surface area contributed by atoms with Gasteiger partial charge in [-0.3, -0.25) is 0 Å². The summed E-state index contributed by atoms with van der Waals surface area (Å²) in [5, 5.41) is 10.1. The zero-order chi connectivity index (χ0) is 9.45. The molecule has 0 fully saturated rings. The molecule has 4 N–H and O–H groups in total. The molecule has 0 spiro atoms. The van der Waals surface area contributed by atoms with E-state index in [0.717, 1.165) is 38.5 Å². The van der Waals surface area contributed by atoms with Gasteiger partial charge in [-0.15, -0.1) is 0 Å². The van der Waals surface area contributed by atoms with Crippen LogP contribution in [0.2, 0.25) is 0 Å². The first kappa shape index (κ1) is 15.4. The van der Waals surface area contributed by atoms with Crippen LogP contribution < -0.4 is 6.15 Å². The summed E-state index contributed by atoms with van der Waals surface area (Å²) in [5.74, 6) is 0. The Morgan fingerprint density at radius 1 is 0.846 bits per heavy atom. The standard InChI is InChI=1S/C11H24O.H3N/c1-4-7-10-11(12,8-5-2)9-6-3;/h12H,4-10H2,1-3H3;1H3. The van der Waals surface area contributed by atoms with Crippen molar-refractivity contribution in [2.24, 2.45) is 0 Å². The molecule has 0 saturated heterocycles. The molecule has 0 atom stereocenters. The van der Waals surface area contributed by atoms with Gasteiger partial charge in [-0.05, 0) is 19.3 Å². The second-order valence-corrected chi connectivity index (χ2v) is 3.83. The third-order valence-electron chi connectivity index (χ3n) is 2.43. The molecule has 82 valence electrons. The zero-order valence-corrected chi connectivity index (χ0v) is 9.60. The van der Waals surface area contributed by atoms with E-state index in [1.54, 1.807) is 0 Å². The maximum absolute atomic E-state index is 10.1. The van der Waals surface area contributed by atoms with Crippen LogP contribution >= 0.6 is 0 Å². The van der Waals surface area contributed by atoms with Crippen LogP contribution in [0.5, 0.6) is 0 Å². The molecule has 0 bridgehead atoms. The van der Waals surface area contributed by atoms with Gasteiger partial charge < -0.3 is 11.3 Å². The maximum atomic E-state index is 10.1. The Morgan fingerprint density at radius 3 is 1.62 bits per heavy atom. The first-order valence-electron chi connectivity index (χ1n) is 5.41. The van der Waals surface area contributed by atoms with Crippen LogP contribution in [0.1, 0.15) is 65.7 Å². The molecule has 0 aromatic carbocycles. The van der Waals surface area contributed by atoms with Gasteiger partial charge in [0.05, 0.1) is 5.60 Å². The molecule has 13 heavy (non-hydrogen) atoms. The van der Waals surface area contributed by atoms with Crippen LogP contribution in [0.3, 0.4) is 0 Å². The predicted octanol–water partition coefficient (Wildman–Crippen LogP) is 3.67. The smallest absolute Gasteiger partial charge is 0.0647 e. The van der Waals surface area contributed by atoms with Gasteiger partial charge in [-0.2, -0.15) is 0 Å². The van der Waals surface area contributed by atoms with Gasteiger partial charge in [0.1, 0.15) is 0 Å². The summed E-state index contributed by atoms with van der Waals surface area (Å²) in [6, 6.07) is 0. The molecular formula is C11H27NO. The summed E-state index contributed by atoms with van der Waals surface area (Å²) < 4.78 is 0. The number of unbranched alkanes of at least 4 members (excludes halogenated alkanes) is 1. The van der Waals surface area contributed by atoms with Crippen LogP contribution in [-0.2, 0) is 0 Å². The molecule has 0 unspecified atom stereocenters. The molecule has 0 aromatic heterocycles. The van der Waals surface area contributed by atoms with Crippen molar-refractivity contribution in [3.05, 3.63) is 0 Å². The highest BCUT2D eigenvalue weighted by Gasteiger charge is 2.23. The SMILES string of the molecule is CCCCC(O)(CCC)CCC.N. The largest absolute Gasteiger partial charge is 0.390 e. The Balaban J connectivity index is 0. The summed E-state index contributed by atoms with van der Waals surface area (Å²) in [6.45, 7) is 6.47. The average molecular weight is 189 g/mol. The molecule has 0 rings (SSSR count). The third kappa shape index (κ3) is 7.03. The molecule has 0 amide bonds. The van der Waals surface area contributed by atoms with Gasteiger partial charge in [0, 0.05) is 0 Å². The predicted molar refractivity (Wildman–Crippen MR) is 59.3 cm³/mol. The summed E-state index contributed by atoms with van der Waals surface area (Å²) in [5.41, 5.74) is -0.348. The van der Waals surface area contributed by atoms with Gasteiger partial charge in [0.15, 0.2) is 0 Å². The molecule has 0 aromatic rings. The van der Waals surface area contributed by atoms with Crippen molar-refractivity contribution in [3.8, 4) is 0 Å². The molecule has 2 heteroatoms. The van der Waals surface area contributed by atoms with Crippen molar-refractivity contribution in [1.29, 1.82) is 0 Å². The van der Waals surface area contributed by atoms with Gasteiger partial charge in [0.2, 0.25) is 0 Å². The molecule has 0 aliphatic heterocycles. The average Bonchev–Trinajstić information content (AvgIpc) is 2.02. The minimum atomic E-state index is -0.348. The highest BCUT2D eigenvalue weighted by molar-refractivity contribution is 4.76. The Morgan fingerprint density at radius 2 is 1.31 bits per heavy atom. The number of aliphatic hydroxyl groups is 1. The van der Waals surface area contributed by atoms with E-state index < -0.39 is 0 Å². The lowest BCUT2D eigenvalue weighted by molar-refractivity contribution is 0.0109. The number of rotatable bonds is 7. The van der Waals surface area contributed by atoms with Gasteiger partial charge in [0.25, 0.3) is 0 Å². The van der Waals surface area contributed by atoms with Gasteiger partial charge >= 0.3 is 0 Å². The first-order chi connectivity index (χ1) is 5.68. The molecular weight excluding hydrogens is 162 g/mol. The van der Waals surface area contributed by atoms with Crippen molar-refractivity contribution in [3.63, 3.8) is 0 Å². The van der Waals surface area contributed by atoms with Crippen LogP contribution in [0.25, 0.3) is 0 Å². The Hall–Kier alpha value is -0.0800.